The highest BCUT2D eigenvalue weighted by molar-refractivity contribution is 8.18. The smallest absolute Gasteiger partial charge is 0.268 e. The first-order valence-electron chi connectivity index (χ1n) is 9.90. The van der Waals surface area contributed by atoms with Crippen molar-refractivity contribution in [3.63, 3.8) is 0 Å². The van der Waals surface area contributed by atoms with Crippen molar-refractivity contribution in [2.24, 2.45) is 0 Å². The summed E-state index contributed by atoms with van der Waals surface area (Å²) in [6.07, 6.45) is 1.80. The predicted molar refractivity (Wildman–Crippen MR) is 126 cm³/mol. The molecule has 0 N–H and O–H groups in total. The van der Waals surface area contributed by atoms with Crippen molar-refractivity contribution in [3.8, 4) is 0 Å². The lowest BCUT2D eigenvalue weighted by molar-refractivity contribution is -0.384. The molecule has 0 atom stereocenters. The Kier molecular flexibility index (Phi) is 4.95. The minimum atomic E-state index is -0.485. The van der Waals surface area contributed by atoms with E-state index in [1.54, 1.807) is 18.2 Å². The van der Waals surface area contributed by atoms with Crippen LogP contribution in [-0.4, -0.2) is 21.0 Å². The summed E-state index contributed by atoms with van der Waals surface area (Å²) in [6.45, 7) is 0.0658. The minimum Gasteiger partial charge on any atom is -0.268 e. The van der Waals surface area contributed by atoms with Crippen LogP contribution in [0.5, 0.6) is 0 Å². The van der Waals surface area contributed by atoms with Gasteiger partial charge in [-0.15, -0.1) is 0 Å². The van der Waals surface area contributed by atoms with Gasteiger partial charge in [-0.2, -0.15) is 0 Å². The number of nitro benzene ring substituents is 1. The fourth-order valence-corrected chi connectivity index (χ4v) is 4.70. The van der Waals surface area contributed by atoms with Gasteiger partial charge in [0.25, 0.3) is 16.8 Å². The lowest BCUT2D eigenvalue weighted by atomic mass is 9.96. The van der Waals surface area contributed by atoms with E-state index in [0.29, 0.717) is 10.5 Å². The third-order valence-corrected chi connectivity index (χ3v) is 6.36. The Morgan fingerprint density at radius 2 is 1.47 bits per heavy atom. The monoisotopic (exact) mass is 440 g/mol. The van der Waals surface area contributed by atoms with Crippen LogP contribution < -0.4 is 0 Å². The van der Waals surface area contributed by atoms with Gasteiger partial charge in [-0.25, -0.2) is 0 Å². The number of non-ortho nitro benzene ring substituents is 1. The van der Waals surface area contributed by atoms with E-state index in [9.17, 15) is 19.7 Å². The first-order valence-corrected chi connectivity index (χ1v) is 10.7. The fraction of sp³-hybridized carbons (Fsp3) is 0.0400. The molecular weight excluding hydrogens is 424 g/mol. The number of thioether (sulfide) groups is 1. The van der Waals surface area contributed by atoms with E-state index in [0.717, 1.165) is 38.9 Å². The molecule has 1 heterocycles. The lowest BCUT2D eigenvalue weighted by Gasteiger charge is -2.12. The molecule has 7 heteroatoms. The Hall–Kier alpha value is -3.97. The van der Waals surface area contributed by atoms with E-state index in [4.69, 9.17) is 0 Å². The van der Waals surface area contributed by atoms with Crippen LogP contribution >= 0.6 is 11.8 Å². The highest BCUT2D eigenvalue weighted by Crippen LogP contribution is 2.37. The molecule has 4 aromatic carbocycles. The molecule has 0 bridgehead atoms. The summed E-state index contributed by atoms with van der Waals surface area (Å²) in [5.74, 6) is -0.365. The van der Waals surface area contributed by atoms with E-state index in [2.05, 4.69) is 6.07 Å². The molecule has 1 fully saturated rings. The third kappa shape index (κ3) is 3.52. The molecule has 5 rings (SSSR count). The summed E-state index contributed by atoms with van der Waals surface area (Å²) in [5.41, 5.74) is 1.51. The number of fused-ring (bicyclic) bond motifs is 2. The molecule has 0 radical (unpaired) electrons. The molecule has 4 aromatic rings. The number of nitro groups is 1. The number of amides is 2. The predicted octanol–water partition coefficient (Wildman–Crippen LogP) is 6.14. The van der Waals surface area contributed by atoms with E-state index < -0.39 is 4.92 Å². The van der Waals surface area contributed by atoms with Crippen molar-refractivity contribution in [2.45, 2.75) is 6.54 Å². The number of hydrogen-bond acceptors (Lipinski definition) is 5. The summed E-state index contributed by atoms with van der Waals surface area (Å²) in [4.78, 5) is 37.6. The van der Waals surface area contributed by atoms with Crippen LogP contribution in [0.2, 0.25) is 0 Å². The zero-order chi connectivity index (χ0) is 22.2. The van der Waals surface area contributed by atoms with Gasteiger partial charge >= 0.3 is 0 Å². The summed E-state index contributed by atoms with van der Waals surface area (Å²) in [5, 5.41) is 14.6. The van der Waals surface area contributed by atoms with Gasteiger partial charge in [-0.1, -0.05) is 60.7 Å². The topological polar surface area (TPSA) is 80.5 Å². The molecule has 0 unspecified atom stereocenters. The molecule has 1 aliphatic heterocycles. The first-order chi connectivity index (χ1) is 15.5. The number of rotatable bonds is 4. The standard InChI is InChI=1S/C25H16N2O4S/c28-24-23(32-25(29)26(24)15-16-9-11-19(12-10-16)27(30)31)14-22-20-7-3-1-5-17(20)13-18-6-2-4-8-21(18)22/h1-14H,15H2/b23-14-. The number of benzene rings is 4. The normalized spacial score (nSPS) is 15.2. The second-order valence-electron chi connectivity index (χ2n) is 7.42. The zero-order valence-corrected chi connectivity index (χ0v) is 17.5. The first kappa shape index (κ1) is 20.0. The molecule has 0 spiro atoms. The molecule has 2 amide bonds. The van der Waals surface area contributed by atoms with Crippen LogP contribution in [0.3, 0.4) is 0 Å². The van der Waals surface area contributed by atoms with Crippen LogP contribution in [-0.2, 0) is 11.3 Å². The maximum atomic E-state index is 13.1. The van der Waals surface area contributed by atoms with Gasteiger partial charge in [0.15, 0.2) is 0 Å². The van der Waals surface area contributed by atoms with E-state index in [1.807, 2.05) is 48.5 Å². The molecule has 156 valence electrons. The average molecular weight is 440 g/mol. The number of carbonyl (C=O) groups excluding carboxylic acids is 2. The van der Waals surface area contributed by atoms with Crippen LogP contribution in [0, 0.1) is 10.1 Å². The SMILES string of the molecule is O=C1S/C(=C\c2c3ccccc3cc3ccccc23)C(=O)N1Cc1ccc([N+](=O)[O-])cc1. The van der Waals surface area contributed by atoms with Crippen LogP contribution in [0.1, 0.15) is 11.1 Å². The Labute approximate surface area is 187 Å². The van der Waals surface area contributed by atoms with Gasteiger partial charge in [0.05, 0.1) is 16.4 Å². The number of hydrogen-bond donors (Lipinski definition) is 0. The van der Waals surface area contributed by atoms with Crippen molar-refractivity contribution < 1.29 is 14.5 Å². The molecule has 6 nitrogen and oxygen atoms in total. The maximum absolute atomic E-state index is 13.1. The average Bonchev–Trinajstić information content (AvgIpc) is 3.06. The number of imide groups is 1. The van der Waals surface area contributed by atoms with Crippen molar-refractivity contribution in [2.75, 3.05) is 0 Å². The Morgan fingerprint density at radius 3 is 2.06 bits per heavy atom. The summed E-state index contributed by atoms with van der Waals surface area (Å²) >= 11 is 0.911. The largest absolute Gasteiger partial charge is 0.293 e. The maximum Gasteiger partial charge on any atom is 0.293 e. The van der Waals surface area contributed by atoms with Gasteiger partial charge < -0.3 is 0 Å². The van der Waals surface area contributed by atoms with Gasteiger partial charge in [0, 0.05) is 12.1 Å². The molecule has 0 saturated carbocycles. The van der Waals surface area contributed by atoms with E-state index >= 15 is 0 Å². The van der Waals surface area contributed by atoms with Crippen molar-refractivity contribution >= 4 is 56.2 Å². The highest BCUT2D eigenvalue weighted by Gasteiger charge is 2.35. The molecule has 1 aliphatic rings. The molecule has 0 aliphatic carbocycles. The number of nitrogens with zero attached hydrogens (tertiary/aromatic N) is 2. The van der Waals surface area contributed by atoms with Crippen LogP contribution in [0.15, 0.2) is 83.8 Å². The molecular formula is C25H16N2O4S. The highest BCUT2D eigenvalue weighted by atomic mass is 32.2. The van der Waals surface area contributed by atoms with Crippen molar-refractivity contribution in [1.29, 1.82) is 0 Å². The van der Waals surface area contributed by atoms with E-state index in [1.165, 1.54) is 17.0 Å². The summed E-state index contributed by atoms with van der Waals surface area (Å²) in [7, 11) is 0. The quantitative estimate of drug-likeness (QED) is 0.165. The van der Waals surface area contributed by atoms with Gasteiger partial charge in [-0.05, 0) is 56.6 Å². The summed E-state index contributed by atoms with van der Waals surface area (Å²) in [6, 6.07) is 23.9. The third-order valence-electron chi connectivity index (χ3n) is 5.45. The van der Waals surface area contributed by atoms with Gasteiger partial charge in [0.2, 0.25) is 0 Å². The van der Waals surface area contributed by atoms with Crippen molar-refractivity contribution in [1.82, 2.24) is 4.90 Å². The van der Waals surface area contributed by atoms with Gasteiger partial charge in [-0.3, -0.25) is 24.6 Å². The molecule has 32 heavy (non-hydrogen) atoms. The summed E-state index contributed by atoms with van der Waals surface area (Å²) < 4.78 is 0. The van der Waals surface area contributed by atoms with Crippen LogP contribution in [0.4, 0.5) is 10.5 Å². The molecule has 1 saturated heterocycles. The second kappa shape index (κ2) is 7.94. The van der Waals surface area contributed by atoms with Crippen LogP contribution in [0.25, 0.3) is 27.6 Å². The van der Waals surface area contributed by atoms with Crippen molar-refractivity contribution in [3.05, 3.63) is 105 Å². The zero-order valence-electron chi connectivity index (χ0n) is 16.7. The number of carbonyl (C=O) groups is 2. The Balaban J connectivity index is 1.52. The second-order valence-corrected chi connectivity index (χ2v) is 8.42. The minimum absolute atomic E-state index is 0.0365. The Morgan fingerprint density at radius 1 is 0.875 bits per heavy atom. The van der Waals surface area contributed by atoms with Gasteiger partial charge in [0.1, 0.15) is 0 Å². The lowest BCUT2D eigenvalue weighted by Crippen LogP contribution is -2.27. The van der Waals surface area contributed by atoms with E-state index in [-0.39, 0.29) is 23.4 Å². The Bertz CT molecular complexity index is 1390. The fourth-order valence-electron chi connectivity index (χ4n) is 3.88. The molecule has 0 aromatic heterocycles.